The number of para-hydroxylation sites is 1. The molecule has 4 aromatic carbocycles. The highest BCUT2D eigenvalue weighted by Gasteiger charge is 2.18. The molecule has 0 fully saturated rings. The minimum absolute atomic E-state index is 0.0295. The Labute approximate surface area is 369 Å². The van der Waals surface area contributed by atoms with E-state index in [4.69, 9.17) is 14.2 Å². The van der Waals surface area contributed by atoms with Crippen LogP contribution in [0.25, 0.3) is 21.5 Å². The molecule has 0 radical (unpaired) electrons. The van der Waals surface area contributed by atoms with Crippen molar-refractivity contribution in [2.45, 2.75) is 33.5 Å². The molecule has 0 amide bonds. The van der Waals surface area contributed by atoms with Crippen molar-refractivity contribution in [3.8, 4) is 5.75 Å². The Morgan fingerprint density at radius 2 is 1.08 bits per heavy atom. The summed E-state index contributed by atoms with van der Waals surface area (Å²) < 4.78 is 19.6. The fourth-order valence-corrected chi connectivity index (χ4v) is 6.57. The summed E-state index contributed by atoms with van der Waals surface area (Å²) in [7, 11) is 0. The van der Waals surface area contributed by atoms with Crippen molar-refractivity contribution in [2.24, 2.45) is 0 Å². The van der Waals surface area contributed by atoms with E-state index < -0.39 is 11.9 Å². The second kappa shape index (κ2) is 20.7. The van der Waals surface area contributed by atoms with E-state index in [-0.39, 0.29) is 53.7 Å². The maximum absolute atomic E-state index is 12.8. The third kappa shape index (κ3) is 11.0. The summed E-state index contributed by atoms with van der Waals surface area (Å²) in [5, 5.41) is 18.2. The molecule has 0 bridgehead atoms. The van der Waals surface area contributed by atoms with Crippen LogP contribution in [0.15, 0.2) is 154 Å². The van der Waals surface area contributed by atoms with Crippen molar-refractivity contribution in [3.63, 3.8) is 0 Å². The van der Waals surface area contributed by atoms with Gasteiger partial charge in [-0.1, -0.05) is 94.8 Å². The van der Waals surface area contributed by atoms with Gasteiger partial charge in [0.1, 0.15) is 36.9 Å². The van der Waals surface area contributed by atoms with Gasteiger partial charge in [-0.25, -0.2) is 19.0 Å². The molecular formula is C47H41BrN8O7. The number of halogens is 1. The van der Waals surface area contributed by atoms with Crippen molar-refractivity contribution in [1.82, 2.24) is 29.5 Å². The van der Waals surface area contributed by atoms with Crippen molar-refractivity contribution in [3.05, 3.63) is 182 Å². The lowest BCUT2D eigenvalue weighted by Crippen LogP contribution is -2.27. The van der Waals surface area contributed by atoms with Gasteiger partial charge in [0.2, 0.25) is 0 Å². The van der Waals surface area contributed by atoms with E-state index in [1.165, 1.54) is 21.5 Å². The van der Waals surface area contributed by atoms with Gasteiger partial charge >= 0.3 is 11.9 Å². The van der Waals surface area contributed by atoms with Crippen LogP contribution < -0.4 is 26.5 Å². The number of pyridine rings is 2. The van der Waals surface area contributed by atoms with E-state index in [9.17, 15) is 19.2 Å². The number of anilines is 4. The van der Waals surface area contributed by atoms with E-state index in [0.29, 0.717) is 30.2 Å². The third-order valence-corrected chi connectivity index (χ3v) is 9.98. The first-order valence-corrected chi connectivity index (χ1v) is 20.7. The number of hydrogen-bond acceptors (Lipinski definition) is 13. The fourth-order valence-electron chi connectivity index (χ4n) is 6.30. The molecule has 0 spiro atoms. The highest BCUT2D eigenvalue weighted by atomic mass is 79.9. The molecule has 0 aliphatic heterocycles. The number of aromatic nitrogens is 6. The number of ether oxygens (including phenoxy) is 3. The number of nitrogens with one attached hydrogen (secondary N) is 2. The van der Waals surface area contributed by atoms with Gasteiger partial charge in [0.25, 0.3) is 11.1 Å². The molecule has 0 aliphatic carbocycles. The summed E-state index contributed by atoms with van der Waals surface area (Å²) in [6.45, 7) is 4.55. The summed E-state index contributed by atoms with van der Waals surface area (Å²) in [4.78, 5) is 59.2. The standard InChI is InChI=1S/C24H22N4O4.C23H19BrN4O3/c1-2-28-23(29)20(26-22-16-25-15-17-8-6-7-11-19(17)22)14-21(27-28)24(30)32-13-12-31-18-9-4-3-5-10-18;1-2-28-22(29)19(26-21-13-25-12-16-5-3-4-6-18(16)21)11-20(27-28)23(30)31-14-15-7-9-17(24)10-8-15/h3-11,14-16,26H,2,12-13H2,1H3;3-13,26H,2,14H2,1H3. The van der Waals surface area contributed by atoms with Crippen molar-refractivity contribution < 1.29 is 23.8 Å². The van der Waals surface area contributed by atoms with Gasteiger partial charge in [-0.2, -0.15) is 10.2 Å². The number of benzene rings is 4. The van der Waals surface area contributed by atoms with Crippen molar-refractivity contribution in [2.75, 3.05) is 23.8 Å². The topological polar surface area (TPSA) is 181 Å². The summed E-state index contributed by atoms with van der Waals surface area (Å²) >= 11 is 3.37. The predicted octanol–water partition coefficient (Wildman–Crippen LogP) is 8.47. The average molecular weight is 910 g/mol. The van der Waals surface area contributed by atoms with Crippen LogP contribution in [0.1, 0.15) is 40.4 Å². The zero-order valence-electron chi connectivity index (χ0n) is 34.2. The summed E-state index contributed by atoms with van der Waals surface area (Å²) in [6.07, 6.45) is 6.78. The maximum atomic E-state index is 12.8. The third-order valence-electron chi connectivity index (χ3n) is 9.45. The van der Waals surface area contributed by atoms with Gasteiger partial charge < -0.3 is 24.8 Å². The average Bonchev–Trinajstić information content (AvgIpc) is 3.32. The number of carbonyl (C=O) groups excluding carboxylic acids is 2. The molecule has 16 heteroatoms. The Kier molecular flexibility index (Phi) is 14.3. The molecule has 0 unspecified atom stereocenters. The monoisotopic (exact) mass is 908 g/mol. The van der Waals surface area contributed by atoms with E-state index in [1.807, 2.05) is 103 Å². The first kappa shape index (κ1) is 43.4. The number of carbonyl (C=O) groups is 2. The normalized spacial score (nSPS) is 10.7. The van der Waals surface area contributed by atoms with Gasteiger partial charge in [-0.3, -0.25) is 19.6 Å². The van der Waals surface area contributed by atoms with Crippen LogP contribution in [0.2, 0.25) is 0 Å². The van der Waals surface area contributed by atoms with Gasteiger partial charge in [0.15, 0.2) is 11.4 Å². The lowest BCUT2D eigenvalue weighted by Gasteiger charge is -2.12. The highest BCUT2D eigenvalue weighted by Crippen LogP contribution is 2.26. The Morgan fingerprint density at radius 3 is 1.60 bits per heavy atom. The maximum Gasteiger partial charge on any atom is 0.359 e. The summed E-state index contributed by atoms with van der Waals surface area (Å²) in [5.74, 6) is -0.552. The van der Waals surface area contributed by atoms with Crippen LogP contribution in [-0.2, 0) is 29.2 Å². The Morgan fingerprint density at radius 1 is 0.587 bits per heavy atom. The van der Waals surface area contributed by atoms with Crippen LogP contribution in [0.3, 0.4) is 0 Å². The Bertz CT molecular complexity index is 2990. The number of nitrogens with zero attached hydrogens (tertiary/aromatic N) is 6. The lowest BCUT2D eigenvalue weighted by molar-refractivity contribution is 0.0438. The van der Waals surface area contributed by atoms with E-state index in [1.54, 1.807) is 38.6 Å². The van der Waals surface area contributed by atoms with Crippen LogP contribution in [0.4, 0.5) is 22.7 Å². The Balaban J connectivity index is 0.000000189. The minimum Gasteiger partial charge on any atom is -0.490 e. The molecule has 318 valence electrons. The molecule has 4 heterocycles. The largest absolute Gasteiger partial charge is 0.490 e. The van der Waals surface area contributed by atoms with Gasteiger partial charge in [-0.15, -0.1) is 0 Å². The molecule has 2 N–H and O–H groups in total. The van der Waals surface area contributed by atoms with E-state index in [0.717, 1.165) is 31.6 Å². The summed E-state index contributed by atoms with van der Waals surface area (Å²) in [5.41, 5.74) is 2.02. The smallest absolute Gasteiger partial charge is 0.359 e. The molecule has 0 aliphatic rings. The second-order valence-corrected chi connectivity index (χ2v) is 14.6. The van der Waals surface area contributed by atoms with Crippen molar-refractivity contribution in [1.29, 1.82) is 0 Å². The molecule has 63 heavy (non-hydrogen) atoms. The highest BCUT2D eigenvalue weighted by molar-refractivity contribution is 9.10. The van der Waals surface area contributed by atoms with Gasteiger partial charge in [0.05, 0.1) is 23.8 Å². The van der Waals surface area contributed by atoms with Crippen LogP contribution >= 0.6 is 15.9 Å². The molecule has 8 rings (SSSR count). The quantitative estimate of drug-likeness (QED) is 0.0784. The molecule has 4 aromatic heterocycles. The second-order valence-electron chi connectivity index (χ2n) is 13.7. The minimum atomic E-state index is -0.636. The molecule has 0 atom stereocenters. The van der Waals surface area contributed by atoms with Gasteiger partial charge in [0, 0.05) is 63.6 Å². The van der Waals surface area contributed by atoms with E-state index in [2.05, 4.69) is 46.7 Å². The predicted molar refractivity (Wildman–Crippen MR) is 244 cm³/mol. The van der Waals surface area contributed by atoms with Crippen LogP contribution in [-0.4, -0.2) is 54.7 Å². The molecule has 0 saturated carbocycles. The number of aryl methyl sites for hydroxylation is 2. The zero-order chi connectivity index (χ0) is 44.1. The number of fused-ring (bicyclic) bond motifs is 2. The number of rotatable bonds is 14. The van der Waals surface area contributed by atoms with Gasteiger partial charge in [-0.05, 0) is 43.7 Å². The fraction of sp³-hybridized carbons (Fsp3) is 0.149. The van der Waals surface area contributed by atoms with Crippen LogP contribution in [0.5, 0.6) is 5.75 Å². The molecular weight excluding hydrogens is 868 g/mol. The summed E-state index contributed by atoms with van der Waals surface area (Å²) in [6, 6.07) is 34.9. The lowest BCUT2D eigenvalue weighted by atomic mass is 10.1. The molecule has 15 nitrogen and oxygen atoms in total. The van der Waals surface area contributed by atoms with Crippen LogP contribution in [0, 0.1) is 0 Å². The van der Waals surface area contributed by atoms with E-state index >= 15 is 0 Å². The Hall–Kier alpha value is -7.72. The first-order valence-electron chi connectivity index (χ1n) is 19.9. The zero-order valence-corrected chi connectivity index (χ0v) is 35.8. The number of esters is 2. The number of hydrogen-bond donors (Lipinski definition) is 2. The molecule has 8 aromatic rings. The SMILES string of the molecule is CCn1nc(C(=O)OCCOc2ccccc2)cc(Nc2cncc3ccccc23)c1=O.CCn1nc(C(=O)OCc2ccc(Br)cc2)cc(Nc2cncc3ccccc23)c1=O. The first-order chi connectivity index (χ1) is 30.7. The molecule has 0 saturated heterocycles. The van der Waals surface area contributed by atoms with Crippen molar-refractivity contribution >= 4 is 72.2 Å².